The van der Waals surface area contributed by atoms with Crippen LogP contribution in [-0.2, 0) is 4.79 Å². The van der Waals surface area contributed by atoms with Crippen LogP contribution in [0.2, 0.25) is 0 Å². The summed E-state index contributed by atoms with van der Waals surface area (Å²) in [4.78, 5) is 38.1. The molecule has 1 aromatic heterocycles. The second-order valence-electron chi connectivity index (χ2n) is 6.18. The molecule has 1 aliphatic heterocycles. The van der Waals surface area contributed by atoms with Crippen molar-refractivity contribution in [3.63, 3.8) is 0 Å². The summed E-state index contributed by atoms with van der Waals surface area (Å²) in [6.45, 7) is 3.33. The zero-order valence-electron chi connectivity index (χ0n) is 14.0. The van der Waals surface area contributed by atoms with Crippen LogP contribution in [0.25, 0.3) is 10.9 Å². The molecule has 3 rings (SSSR count). The molecule has 2 aromatic rings. The summed E-state index contributed by atoms with van der Waals surface area (Å²) in [5.74, 6) is -0.744. The topological polar surface area (TPSA) is 95.2 Å². The van der Waals surface area contributed by atoms with Gasteiger partial charge in [-0.05, 0) is 31.5 Å². The van der Waals surface area contributed by atoms with E-state index in [-0.39, 0.29) is 30.3 Å². The van der Waals surface area contributed by atoms with Crippen LogP contribution in [0, 0.1) is 11.3 Å². The van der Waals surface area contributed by atoms with Gasteiger partial charge in [-0.1, -0.05) is 6.07 Å². The van der Waals surface area contributed by atoms with Crippen molar-refractivity contribution in [1.82, 2.24) is 14.8 Å². The first-order valence-corrected chi connectivity index (χ1v) is 8.03. The van der Waals surface area contributed by atoms with Gasteiger partial charge >= 0.3 is 0 Å². The molecule has 7 heteroatoms. The van der Waals surface area contributed by atoms with Gasteiger partial charge in [0, 0.05) is 30.1 Å². The number of benzene rings is 1. The van der Waals surface area contributed by atoms with E-state index >= 15 is 0 Å². The number of amides is 2. The summed E-state index contributed by atoms with van der Waals surface area (Å²) in [5.41, 5.74) is 1.06. The Kier molecular flexibility index (Phi) is 4.28. The number of aromatic nitrogens is 1. The highest BCUT2D eigenvalue weighted by Crippen LogP contribution is 2.22. The fourth-order valence-electron chi connectivity index (χ4n) is 3.29. The van der Waals surface area contributed by atoms with Crippen LogP contribution in [0.4, 0.5) is 0 Å². The Morgan fingerprint density at radius 3 is 2.80 bits per heavy atom. The van der Waals surface area contributed by atoms with E-state index in [0.29, 0.717) is 22.9 Å². The molecule has 1 fully saturated rings. The molecule has 1 N–H and O–H groups in total. The van der Waals surface area contributed by atoms with Crippen LogP contribution < -0.4 is 5.32 Å². The van der Waals surface area contributed by atoms with Crippen molar-refractivity contribution in [2.75, 3.05) is 6.54 Å². The summed E-state index contributed by atoms with van der Waals surface area (Å²) >= 11 is 0. The van der Waals surface area contributed by atoms with Crippen molar-refractivity contribution >= 4 is 28.6 Å². The summed E-state index contributed by atoms with van der Waals surface area (Å²) in [5, 5.41) is 12.2. The number of hydrogen-bond acceptors (Lipinski definition) is 4. The maximum absolute atomic E-state index is 12.7. The number of nitrogens with one attached hydrogen (secondary N) is 1. The first kappa shape index (κ1) is 16.7. The average molecular weight is 338 g/mol. The van der Waals surface area contributed by atoms with Crippen LogP contribution in [0.3, 0.4) is 0 Å². The molecular weight excluding hydrogens is 320 g/mol. The number of nitriles is 1. The SMILES string of the molecule is CC(=O)n1ccc2c(C(=O)NC3CC(C)N(CC#N)C3=O)cccc21. The first-order valence-electron chi connectivity index (χ1n) is 8.03. The zero-order valence-corrected chi connectivity index (χ0v) is 14.0. The third-order valence-corrected chi connectivity index (χ3v) is 4.55. The molecule has 2 heterocycles. The summed E-state index contributed by atoms with van der Waals surface area (Å²) < 4.78 is 1.48. The van der Waals surface area contributed by atoms with Gasteiger partial charge in [0.2, 0.25) is 11.8 Å². The number of carbonyl (C=O) groups excluding carboxylic acids is 3. The van der Waals surface area contributed by atoms with E-state index in [0.717, 1.165) is 0 Å². The van der Waals surface area contributed by atoms with Gasteiger partial charge in [-0.25, -0.2) is 0 Å². The maximum Gasteiger partial charge on any atom is 0.252 e. The van der Waals surface area contributed by atoms with Crippen molar-refractivity contribution in [3.8, 4) is 6.07 Å². The third kappa shape index (κ3) is 2.87. The normalized spacial score (nSPS) is 19.9. The van der Waals surface area contributed by atoms with Crippen LogP contribution in [-0.4, -0.2) is 45.8 Å². The number of fused-ring (bicyclic) bond motifs is 1. The van der Waals surface area contributed by atoms with Crippen LogP contribution in [0.1, 0.15) is 35.4 Å². The van der Waals surface area contributed by atoms with E-state index in [1.807, 2.05) is 13.0 Å². The fourth-order valence-corrected chi connectivity index (χ4v) is 3.29. The number of hydrogen-bond donors (Lipinski definition) is 1. The largest absolute Gasteiger partial charge is 0.340 e. The predicted octanol–water partition coefficient (Wildman–Crippen LogP) is 1.54. The Balaban J connectivity index is 1.85. The standard InChI is InChI=1S/C18H18N4O3/c1-11-10-15(18(25)21(11)9-7-19)20-17(24)14-4-3-5-16-13(14)6-8-22(16)12(2)23/h3-6,8,11,15H,9-10H2,1-2H3,(H,20,24). The molecule has 0 saturated carbocycles. The zero-order chi connectivity index (χ0) is 18.1. The second kappa shape index (κ2) is 6.40. The Morgan fingerprint density at radius 1 is 1.36 bits per heavy atom. The Bertz CT molecular complexity index is 909. The van der Waals surface area contributed by atoms with E-state index < -0.39 is 6.04 Å². The average Bonchev–Trinajstić information content (AvgIpc) is 3.12. The van der Waals surface area contributed by atoms with Gasteiger partial charge in [0.1, 0.15) is 12.6 Å². The lowest BCUT2D eigenvalue weighted by molar-refractivity contribution is -0.129. The molecule has 1 aromatic carbocycles. The van der Waals surface area contributed by atoms with Crippen LogP contribution in [0.5, 0.6) is 0 Å². The van der Waals surface area contributed by atoms with Gasteiger partial charge < -0.3 is 10.2 Å². The van der Waals surface area contributed by atoms with Gasteiger partial charge in [0.05, 0.1) is 11.6 Å². The number of carbonyl (C=O) groups is 3. The van der Waals surface area contributed by atoms with Gasteiger partial charge in [-0.3, -0.25) is 19.0 Å². The lowest BCUT2D eigenvalue weighted by Crippen LogP contribution is -2.42. The molecule has 128 valence electrons. The van der Waals surface area contributed by atoms with E-state index in [1.165, 1.54) is 16.4 Å². The second-order valence-corrected chi connectivity index (χ2v) is 6.18. The Morgan fingerprint density at radius 2 is 2.12 bits per heavy atom. The monoisotopic (exact) mass is 338 g/mol. The molecular formula is C18H18N4O3. The van der Waals surface area contributed by atoms with Crippen molar-refractivity contribution < 1.29 is 14.4 Å². The lowest BCUT2D eigenvalue weighted by Gasteiger charge is -2.17. The number of nitrogens with zero attached hydrogens (tertiary/aromatic N) is 3. The van der Waals surface area contributed by atoms with Crippen molar-refractivity contribution in [3.05, 3.63) is 36.0 Å². The molecule has 0 radical (unpaired) electrons. The highest BCUT2D eigenvalue weighted by molar-refractivity contribution is 6.09. The number of rotatable bonds is 3. The fraction of sp³-hybridized carbons (Fsp3) is 0.333. The minimum atomic E-state index is -0.638. The quantitative estimate of drug-likeness (QED) is 0.859. The molecule has 2 unspecified atom stereocenters. The molecule has 0 spiro atoms. The summed E-state index contributed by atoms with van der Waals surface area (Å²) in [6.07, 6.45) is 2.10. The molecule has 1 aliphatic rings. The van der Waals surface area contributed by atoms with Gasteiger partial charge in [-0.2, -0.15) is 5.26 Å². The van der Waals surface area contributed by atoms with Crippen LogP contribution >= 0.6 is 0 Å². The molecule has 7 nitrogen and oxygen atoms in total. The van der Waals surface area contributed by atoms with Gasteiger partial charge in [0.15, 0.2) is 0 Å². The molecule has 0 bridgehead atoms. The van der Waals surface area contributed by atoms with Crippen molar-refractivity contribution in [2.24, 2.45) is 0 Å². The highest BCUT2D eigenvalue weighted by atomic mass is 16.2. The van der Waals surface area contributed by atoms with Crippen molar-refractivity contribution in [2.45, 2.75) is 32.4 Å². The predicted molar refractivity (Wildman–Crippen MR) is 90.9 cm³/mol. The van der Waals surface area contributed by atoms with Crippen LogP contribution in [0.15, 0.2) is 30.5 Å². The lowest BCUT2D eigenvalue weighted by atomic mass is 10.1. The van der Waals surface area contributed by atoms with Crippen molar-refractivity contribution in [1.29, 1.82) is 5.26 Å². The Hall–Kier alpha value is -3.14. The maximum atomic E-state index is 12.7. The molecule has 25 heavy (non-hydrogen) atoms. The van der Waals surface area contributed by atoms with E-state index in [2.05, 4.69) is 5.32 Å². The minimum Gasteiger partial charge on any atom is -0.340 e. The number of likely N-dealkylation sites (tertiary alicyclic amines) is 1. The first-order chi connectivity index (χ1) is 11.9. The Labute approximate surface area is 144 Å². The van der Waals surface area contributed by atoms with Gasteiger partial charge in [0.25, 0.3) is 5.91 Å². The smallest absolute Gasteiger partial charge is 0.252 e. The molecule has 2 amide bonds. The minimum absolute atomic E-state index is 0.0173. The van der Waals surface area contributed by atoms with E-state index in [9.17, 15) is 14.4 Å². The molecule has 2 atom stereocenters. The highest BCUT2D eigenvalue weighted by Gasteiger charge is 2.37. The molecule has 1 saturated heterocycles. The van der Waals surface area contributed by atoms with E-state index in [4.69, 9.17) is 5.26 Å². The summed E-state index contributed by atoms with van der Waals surface area (Å²) in [6, 6.07) is 8.10. The summed E-state index contributed by atoms with van der Waals surface area (Å²) in [7, 11) is 0. The van der Waals surface area contributed by atoms with Gasteiger partial charge in [-0.15, -0.1) is 0 Å². The third-order valence-electron chi connectivity index (χ3n) is 4.55. The molecule has 0 aliphatic carbocycles. The van der Waals surface area contributed by atoms with E-state index in [1.54, 1.807) is 30.5 Å².